The molecule has 1 fully saturated rings. The lowest BCUT2D eigenvalue weighted by molar-refractivity contribution is 0.106. The van der Waals surface area contributed by atoms with Gasteiger partial charge >= 0.3 is 0 Å². The van der Waals surface area contributed by atoms with E-state index in [-0.39, 0.29) is 12.2 Å². The second-order valence-corrected chi connectivity index (χ2v) is 7.15. The van der Waals surface area contributed by atoms with Crippen LogP contribution in [0.25, 0.3) is 6.08 Å². The van der Waals surface area contributed by atoms with Crippen LogP contribution in [0.15, 0.2) is 39.6 Å². The van der Waals surface area contributed by atoms with E-state index in [1.54, 1.807) is 0 Å². The van der Waals surface area contributed by atoms with Crippen LogP contribution in [0.2, 0.25) is 0 Å². The van der Waals surface area contributed by atoms with Crippen LogP contribution in [0.5, 0.6) is 0 Å². The standard InChI is InChI=1S/C20H24N2O3/c1-2-3-15-4-7-19-16-8-14(10-22(19)20(15)24)9-21(11-16)12-17-5-6-18(13-23)25-17/h2-7,14,16,23H,8-13H2,1H3/t14-,16-/m1/s1. The van der Waals surface area contributed by atoms with Gasteiger partial charge in [-0.3, -0.25) is 9.69 Å². The fourth-order valence-corrected chi connectivity index (χ4v) is 4.31. The third-order valence-electron chi connectivity index (χ3n) is 5.31. The molecule has 0 amide bonds. The van der Waals surface area contributed by atoms with E-state index < -0.39 is 0 Å². The number of nitrogens with zero attached hydrogens (tertiary/aromatic N) is 2. The number of allylic oxidation sites excluding steroid dienone is 1. The molecule has 2 aromatic rings. The molecule has 2 atom stereocenters. The lowest BCUT2D eigenvalue weighted by Gasteiger charge is -2.42. The van der Waals surface area contributed by atoms with E-state index in [0.29, 0.717) is 17.6 Å². The maximum absolute atomic E-state index is 12.7. The minimum Gasteiger partial charge on any atom is -0.462 e. The Balaban J connectivity index is 1.56. The molecule has 4 heterocycles. The highest BCUT2D eigenvalue weighted by molar-refractivity contribution is 5.48. The molecule has 4 rings (SSSR count). The summed E-state index contributed by atoms with van der Waals surface area (Å²) in [6.07, 6.45) is 4.96. The van der Waals surface area contributed by atoms with Crippen molar-refractivity contribution in [3.8, 4) is 0 Å². The molecule has 2 bridgehead atoms. The quantitative estimate of drug-likeness (QED) is 0.929. The summed E-state index contributed by atoms with van der Waals surface area (Å²) in [5.74, 6) is 2.40. The highest BCUT2D eigenvalue weighted by Crippen LogP contribution is 2.35. The summed E-state index contributed by atoms with van der Waals surface area (Å²) >= 11 is 0. The third kappa shape index (κ3) is 3.10. The lowest BCUT2D eigenvalue weighted by atomic mass is 9.83. The number of fused-ring (bicyclic) bond motifs is 4. The Kier molecular flexibility index (Phi) is 4.36. The number of aliphatic hydroxyl groups is 1. The summed E-state index contributed by atoms with van der Waals surface area (Å²) in [6, 6.07) is 7.85. The van der Waals surface area contributed by atoms with E-state index in [9.17, 15) is 4.79 Å². The minimum atomic E-state index is -0.0594. The third-order valence-corrected chi connectivity index (χ3v) is 5.31. The van der Waals surface area contributed by atoms with Gasteiger partial charge in [-0.05, 0) is 43.5 Å². The van der Waals surface area contributed by atoms with Gasteiger partial charge in [0.2, 0.25) is 0 Å². The molecule has 132 valence electrons. The first-order valence-corrected chi connectivity index (χ1v) is 8.95. The number of hydrogen-bond acceptors (Lipinski definition) is 4. The Morgan fingerprint density at radius 1 is 1.20 bits per heavy atom. The smallest absolute Gasteiger partial charge is 0.258 e. The van der Waals surface area contributed by atoms with E-state index in [1.807, 2.05) is 41.8 Å². The predicted molar refractivity (Wildman–Crippen MR) is 96.2 cm³/mol. The van der Waals surface area contributed by atoms with Crippen molar-refractivity contribution < 1.29 is 9.52 Å². The highest BCUT2D eigenvalue weighted by atomic mass is 16.4. The zero-order valence-corrected chi connectivity index (χ0v) is 14.5. The summed E-state index contributed by atoms with van der Waals surface area (Å²) in [5.41, 5.74) is 2.07. The van der Waals surface area contributed by atoms with Crippen molar-refractivity contribution in [2.75, 3.05) is 13.1 Å². The molecule has 5 nitrogen and oxygen atoms in total. The molecule has 2 aromatic heterocycles. The Hall–Kier alpha value is -2.11. The zero-order valence-electron chi connectivity index (χ0n) is 14.5. The van der Waals surface area contributed by atoms with Crippen LogP contribution in [-0.2, 0) is 19.7 Å². The van der Waals surface area contributed by atoms with Gasteiger partial charge in [-0.25, -0.2) is 0 Å². The highest BCUT2D eigenvalue weighted by Gasteiger charge is 2.35. The first kappa shape index (κ1) is 16.4. The number of pyridine rings is 1. The average molecular weight is 340 g/mol. The van der Waals surface area contributed by atoms with Crippen molar-refractivity contribution in [1.82, 2.24) is 9.47 Å². The Labute approximate surface area is 147 Å². The van der Waals surface area contributed by atoms with Gasteiger partial charge < -0.3 is 14.1 Å². The molecule has 2 aliphatic heterocycles. The number of aliphatic hydroxyl groups excluding tert-OH is 1. The van der Waals surface area contributed by atoms with Crippen molar-refractivity contribution in [3.63, 3.8) is 0 Å². The summed E-state index contributed by atoms with van der Waals surface area (Å²) < 4.78 is 7.62. The van der Waals surface area contributed by atoms with Gasteiger partial charge in [-0.15, -0.1) is 0 Å². The fourth-order valence-electron chi connectivity index (χ4n) is 4.31. The summed E-state index contributed by atoms with van der Waals surface area (Å²) in [7, 11) is 0. The van der Waals surface area contributed by atoms with E-state index in [0.717, 1.165) is 49.6 Å². The molecule has 0 aromatic carbocycles. The molecule has 25 heavy (non-hydrogen) atoms. The molecule has 0 spiro atoms. The maximum atomic E-state index is 12.7. The number of furan rings is 1. The van der Waals surface area contributed by atoms with Crippen LogP contribution in [0.4, 0.5) is 0 Å². The van der Waals surface area contributed by atoms with Gasteiger partial charge in [0.1, 0.15) is 18.1 Å². The Morgan fingerprint density at radius 2 is 2.04 bits per heavy atom. The van der Waals surface area contributed by atoms with Crippen molar-refractivity contribution in [1.29, 1.82) is 0 Å². The summed E-state index contributed by atoms with van der Waals surface area (Å²) in [6.45, 7) is 5.35. The number of piperidine rings is 1. The molecule has 2 aliphatic rings. The number of rotatable bonds is 4. The van der Waals surface area contributed by atoms with E-state index in [2.05, 4.69) is 11.0 Å². The number of hydrogen-bond donors (Lipinski definition) is 1. The van der Waals surface area contributed by atoms with Crippen LogP contribution in [-0.4, -0.2) is 27.7 Å². The molecule has 0 aliphatic carbocycles. The molecule has 1 saturated heterocycles. The van der Waals surface area contributed by atoms with E-state index >= 15 is 0 Å². The normalized spacial score (nSPS) is 23.1. The Bertz CT molecular complexity index is 849. The van der Waals surface area contributed by atoms with Gasteiger partial charge in [-0.1, -0.05) is 12.2 Å². The largest absolute Gasteiger partial charge is 0.462 e. The van der Waals surface area contributed by atoms with Gasteiger partial charge in [0.25, 0.3) is 5.56 Å². The molecule has 0 saturated carbocycles. The van der Waals surface area contributed by atoms with Crippen molar-refractivity contribution in [3.05, 3.63) is 63.5 Å². The SMILES string of the molecule is CC=Cc1ccc2n(c1=O)C[C@@H]1C[C@@H]2CN(Cc2ccc(CO)o2)C1. The lowest BCUT2D eigenvalue weighted by Crippen LogP contribution is -2.47. The Morgan fingerprint density at radius 3 is 2.80 bits per heavy atom. The van der Waals surface area contributed by atoms with Gasteiger partial charge in [0.05, 0.1) is 6.54 Å². The van der Waals surface area contributed by atoms with Crippen LogP contribution < -0.4 is 5.56 Å². The monoisotopic (exact) mass is 340 g/mol. The first-order chi connectivity index (χ1) is 12.2. The molecule has 5 heteroatoms. The van der Waals surface area contributed by atoms with E-state index in [1.165, 1.54) is 0 Å². The van der Waals surface area contributed by atoms with Gasteiger partial charge in [-0.2, -0.15) is 0 Å². The number of aromatic nitrogens is 1. The van der Waals surface area contributed by atoms with Crippen molar-refractivity contribution in [2.24, 2.45) is 5.92 Å². The van der Waals surface area contributed by atoms with Crippen LogP contribution in [0.1, 0.15) is 42.0 Å². The predicted octanol–water partition coefficient (Wildman–Crippen LogP) is 2.59. The topological polar surface area (TPSA) is 58.6 Å². The van der Waals surface area contributed by atoms with Crippen LogP contribution in [0, 0.1) is 5.92 Å². The fraction of sp³-hybridized carbons (Fsp3) is 0.450. The first-order valence-electron chi connectivity index (χ1n) is 8.95. The molecular formula is C20H24N2O3. The molecular weight excluding hydrogens is 316 g/mol. The second kappa shape index (κ2) is 6.65. The van der Waals surface area contributed by atoms with Crippen molar-refractivity contribution in [2.45, 2.75) is 39.0 Å². The zero-order chi connectivity index (χ0) is 17.4. The van der Waals surface area contributed by atoms with Gasteiger partial charge in [0.15, 0.2) is 0 Å². The number of likely N-dealkylation sites (tertiary alicyclic amines) is 1. The molecule has 0 radical (unpaired) electrons. The summed E-state index contributed by atoms with van der Waals surface area (Å²) in [5, 5.41) is 9.14. The summed E-state index contributed by atoms with van der Waals surface area (Å²) in [4.78, 5) is 15.1. The van der Waals surface area contributed by atoms with Crippen LogP contribution >= 0.6 is 0 Å². The molecule has 0 unspecified atom stereocenters. The molecule has 1 N–H and O–H groups in total. The maximum Gasteiger partial charge on any atom is 0.258 e. The second-order valence-electron chi connectivity index (χ2n) is 7.15. The van der Waals surface area contributed by atoms with Crippen LogP contribution in [0.3, 0.4) is 0 Å². The average Bonchev–Trinajstić information content (AvgIpc) is 3.05. The van der Waals surface area contributed by atoms with Crippen molar-refractivity contribution >= 4 is 6.08 Å². The van der Waals surface area contributed by atoms with Gasteiger partial charge in [0, 0.05) is 36.8 Å². The van der Waals surface area contributed by atoms with E-state index in [4.69, 9.17) is 9.52 Å². The minimum absolute atomic E-state index is 0.0594.